The summed E-state index contributed by atoms with van der Waals surface area (Å²) < 4.78 is 22.0. The van der Waals surface area contributed by atoms with Crippen LogP contribution in [0.5, 0.6) is 11.5 Å². The number of aromatic nitrogens is 2. The zero-order valence-corrected chi connectivity index (χ0v) is 19.5. The monoisotopic (exact) mass is 474 g/mol. The Labute approximate surface area is 200 Å². The van der Waals surface area contributed by atoms with Gasteiger partial charge < -0.3 is 18.9 Å². The predicted octanol–water partition coefficient (Wildman–Crippen LogP) is 3.82. The summed E-state index contributed by atoms with van der Waals surface area (Å²) in [7, 11) is 5.38. The molecule has 9 nitrogen and oxygen atoms in total. The van der Waals surface area contributed by atoms with Crippen molar-refractivity contribution in [3.05, 3.63) is 83.3 Å². The lowest BCUT2D eigenvalue weighted by Crippen LogP contribution is -2.15. The van der Waals surface area contributed by atoms with E-state index in [0.29, 0.717) is 22.8 Å². The minimum absolute atomic E-state index is 0.0837. The Hall–Kier alpha value is -4.66. The summed E-state index contributed by atoms with van der Waals surface area (Å²) in [6.45, 7) is 0. The van der Waals surface area contributed by atoms with Crippen molar-refractivity contribution in [3.63, 3.8) is 0 Å². The van der Waals surface area contributed by atoms with Crippen LogP contribution >= 0.6 is 0 Å². The number of carbonyl (C=O) groups excluding carboxylic acids is 3. The van der Waals surface area contributed by atoms with Crippen LogP contribution in [0, 0.1) is 0 Å². The number of ketones is 1. The molecule has 0 aliphatic rings. The van der Waals surface area contributed by atoms with Gasteiger partial charge in [-0.1, -0.05) is 24.3 Å². The Morgan fingerprint density at radius 3 is 2.20 bits per heavy atom. The Kier molecular flexibility index (Phi) is 6.50. The smallest absolute Gasteiger partial charge is 0.341 e. The highest BCUT2D eigenvalue weighted by molar-refractivity contribution is 6.20. The number of rotatable bonds is 7. The van der Waals surface area contributed by atoms with E-state index in [4.69, 9.17) is 18.9 Å². The molecule has 2 aromatic carbocycles. The molecule has 0 aliphatic heterocycles. The summed E-state index contributed by atoms with van der Waals surface area (Å²) in [6.07, 6.45) is 1.38. The zero-order valence-electron chi connectivity index (χ0n) is 19.5. The van der Waals surface area contributed by atoms with E-state index in [0.717, 1.165) is 0 Å². The van der Waals surface area contributed by atoms with Crippen molar-refractivity contribution in [1.29, 1.82) is 0 Å². The van der Waals surface area contributed by atoms with E-state index in [1.807, 2.05) is 18.2 Å². The second-order valence-corrected chi connectivity index (χ2v) is 7.37. The third-order valence-electron chi connectivity index (χ3n) is 5.54. The second kappa shape index (κ2) is 9.68. The molecular weight excluding hydrogens is 452 g/mol. The molecule has 0 saturated heterocycles. The van der Waals surface area contributed by atoms with Crippen LogP contribution in [0.2, 0.25) is 0 Å². The maximum absolute atomic E-state index is 13.7. The van der Waals surface area contributed by atoms with Gasteiger partial charge in [0.15, 0.2) is 0 Å². The summed E-state index contributed by atoms with van der Waals surface area (Å²) in [6, 6.07) is 15.3. The number of para-hydroxylation sites is 1. The fraction of sp³-hybridized carbons (Fsp3) is 0.154. The standard InChI is InChI=1S/C26H22N2O7/c1-32-16-9-7-8-15(12-16)24(29)23-22(26(31)35-4)21(25(30)34-3)19-13-18(27-14-28(19)23)17-10-5-6-11-20(17)33-2/h5-14H,1-4H3. The lowest BCUT2D eigenvalue weighted by atomic mass is 10.0. The van der Waals surface area contributed by atoms with Gasteiger partial charge in [-0.3, -0.25) is 9.20 Å². The molecule has 35 heavy (non-hydrogen) atoms. The van der Waals surface area contributed by atoms with E-state index in [2.05, 4.69) is 4.98 Å². The van der Waals surface area contributed by atoms with Gasteiger partial charge in [0.05, 0.1) is 39.6 Å². The molecule has 0 unspecified atom stereocenters. The maximum Gasteiger partial charge on any atom is 0.341 e. The first-order valence-electron chi connectivity index (χ1n) is 10.5. The number of benzene rings is 2. The van der Waals surface area contributed by atoms with Gasteiger partial charge in [-0.2, -0.15) is 0 Å². The molecule has 2 aromatic heterocycles. The van der Waals surface area contributed by atoms with E-state index < -0.39 is 17.7 Å². The van der Waals surface area contributed by atoms with Crippen LogP contribution in [0.3, 0.4) is 0 Å². The molecule has 0 spiro atoms. The number of hydrogen-bond donors (Lipinski definition) is 0. The normalized spacial score (nSPS) is 10.6. The average molecular weight is 474 g/mol. The molecule has 4 aromatic rings. The van der Waals surface area contributed by atoms with Crippen LogP contribution in [-0.4, -0.2) is 55.5 Å². The van der Waals surface area contributed by atoms with Gasteiger partial charge in [0.2, 0.25) is 5.78 Å². The molecule has 9 heteroatoms. The Balaban J connectivity index is 2.06. The molecule has 0 atom stereocenters. The van der Waals surface area contributed by atoms with E-state index in [-0.39, 0.29) is 27.9 Å². The van der Waals surface area contributed by atoms with Gasteiger partial charge in [-0.05, 0) is 30.3 Å². The van der Waals surface area contributed by atoms with Crippen molar-refractivity contribution < 1.29 is 33.3 Å². The lowest BCUT2D eigenvalue weighted by molar-refractivity contribution is 0.0556. The highest BCUT2D eigenvalue weighted by Crippen LogP contribution is 2.33. The highest BCUT2D eigenvalue weighted by Gasteiger charge is 2.33. The summed E-state index contributed by atoms with van der Waals surface area (Å²) >= 11 is 0. The number of fused-ring (bicyclic) bond motifs is 1. The van der Waals surface area contributed by atoms with Gasteiger partial charge in [-0.15, -0.1) is 0 Å². The van der Waals surface area contributed by atoms with Crippen LogP contribution in [0.1, 0.15) is 36.8 Å². The maximum atomic E-state index is 13.7. The van der Waals surface area contributed by atoms with Crippen LogP contribution in [0.4, 0.5) is 0 Å². The first-order valence-corrected chi connectivity index (χ1v) is 10.5. The Morgan fingerprint density at radius 2 is 1.51 bits per heavy atom. The topological polar surface area (TPSA) is 105 Å². The van der Waals surface area contributed by atoms with Crippen molar-refractivity contribution in [2.45, 2.75) is 0 Å². The van der Waals surface area contributed by atoms with E-state index >= 15 is 0 Å². The third-order valence-corrected chi connectivity index (χ3v) is 5.54. The molecule has 0 saturated carbocycles. The third kappa shape index (κ3) is 4.08. The molecule has 0 bridgehead atoms. The highest BCUT2D eigenvalue weighted by atomic mass is 16.5. The number of ether oxygens (including phenoxy) is 4. The van der Waals surface area contributed by atoms with Crippen molar-refractivity contribution in [3.8, 4) is 22.8 Å². The minimum Gasteiger partial charge on any atom is -0.497 e. The van der Waals surface area contributed by atoms with Crippen molar-refractivity contribution in [2.24, 2.45) is 0 Å². The zero-order chi connectivity index (χ0) is 25.1. The molecule has 0 aliphatic carbocycles. The molecule has 2 heterocycles. The summed E-state index contributed by atoms with van der Waals surface area (Å²) in [5.41, 5.74) is 1.22. The van der Waals surface area contributed by atoms with Crippen LogP contribution in [0.25, 0.3) is 16.8 Å². The largest absolute Gasteiger partial charge is 0.497 e. The van der Waals surface area contributed by atoms with Gasteiger partial charge in [0, 0.05) is 11.1 Å². The number of hydrogen-bond acceptors (Lipinski definition) is 8. The number of carbonyl (C=O) groups is 3. The molecule has 0 amide bonds. The second-order valence-electron chi connectivity index (χ2n) is 7.37. The minimum atomic E-state index is -0.862. The van der Waals surface area contributed by atoms with Gasteiger partial charge >= 0.3 is 11.9 Å². The Bertz CT molecular complexity index is 1460. The quantitative estimate of drug-likeness (QED) is 0.294. The van der Waals surface area contributed by atoms with Crippen LogP contribution in [0.15, 0.2) is 60.9 Å². The van der Waals surface area contributed by atoms with Crippen LogP contribution in [-0.2, 0) is 9.47 Å². The number of esters is 2. The van der Waals surface area contributed by atoms with E-state index in [1.54, 1.807) is 30.3 Å². The van der Waals surface area contributed by atoms with E-state index in [1.165, 1.54) is 45.2 Å². The summed E-state index contributed by atoms with van der Waals surface area (Å²) in [5, 5.41) is 0. The molecule has 0 radical (unpaired) electrons. The molecule has 178 valence electrons. The van der Waals surface area contributed by atoms with Crippen molar-refractivity contribution in [2.75, 3.05) is 28.4 Å². The summed E-state index contributed by atoms with van der Waals surface area (Å²) in [5.74, 6) is -1.16. The van der Waals surface area contributed by atoms with Gasteiger partial charge in [0.1, 0.15) is 34.6 Å². The SMILES string of the molecule is COC(=O)c1c(C(=O)OC)c2cc(-c3ccccc3OC)ncn2c1C(=O)c1cccc(OC)c1. The number of nitrogens with zero attached hydrogens (tertiary/aromatic N) is 2. The Morgan fingerprint density at radius 1 is 0.800 bits per heavy atom. The van der Waals surface area contributed by atoms with Gasteiger partial charge in [0.25, 0.3) is 0 Å². The molecule has 0 fully saturated rings. The summed E-state index contributed by atoms with van der Waals surface area (Å²) in [4.78, 5) is 43.9. The lowest BCUT2D eigenvalue weighted by Gasteiger charge is -2.09. The average Bonchev–Trinajstić information content (AvgIpc) is 3.26. The molecular formula is C26H22N2O7. The fourth-order valence-corrected chi connectivity index (χ4v) is 3.89. The fourth-order valence-electron chi connectivity index (χ4n) is 3.89. The van der Waals surface area contributed by atoms with Gasteiger partial charge in [-0.25, -0.2) is 14.6 Å². The first kappa shape index (κ1) is 23.5. The molecule has 0 N–H and O–H groups in total. The number of methoxy groups -OCH3 is 4. The first-order chi connectivity index (χ1) is 16.9. The van der Waals surface area contributed by atoms with Crippen molar-refractivity contribution in [1.82, 2.24) is 9.38 Å². The molecule has 4 rings (SSSR count). The predicted molar refractivity (Wildman–Crippen MR) is 126 cm³/mol. The van der Waals surface area contributed by atoms with Crippen LogP contribution < -0.4 is 9.47 Å². The van der Waals surface area contributed by atoms with Crippen molar-refractivity contribution >= 4 is 23.2 Å². The van der Waals surface area contributed by atoms with E-state index in [9.17, 15) is 14.4 Å².